The van der Waals surface area contributed by atoms with Crippen molar-refractivity contribution < 1.29 is 0 Å². The molecule has 1 unspecified atom stereocenters. The highest BCUT2D eigenvalue weighted by atomic mass is 32.2. The van der Waals surface area contributed by atoms with Crippen molar-refractivity contribution in [1.29, 1.82) is 0 Å². The predicted octanol–water partition coefficient (Wildman–Crippen LogP) is 4.55. The van der Waals surface area contributed by atoms with E-state index in [1.807, 2.05) is 11.8 Å². The van der Waals surface area contributed by atoms with E-state index in [2.05, 4.69) is 61.1 Å². The molecule has 2 aliphatic rings. The van der Waals surface area contributed by atoms with Crippen LogP contribution in [0.25, 0.3) is 5.57 Å². The van der Waals surface area contributed by atoms with E-state index in [-0.39, 0.29) is 0 Å². The summed E-state index contributed by atoms with van der Waals surface area (Å²) in [5, 5.41) is 7.20. The maximum atomic E-state index is 3.67. The molecule has 2 nitrogen and oxygen atoms in total. The van der Waals surface area contributed by atoms with Crippen LogP contribution in [0.1, 0.15) is 32.3 Å². The number of nitrogens with one attached hydrogen (secondary N) is 2. The van der Waals surface area contributed by atoms with Gasteiger partial charge in [-0.3, -0.25) is 0 Å². The van der Waals surface area contributed by atoms with E-state index < -0.39 is 0 Å². The van der Waals surface area contributed by atoms with E-state index in [0.29, 0.717) is 6.04 Å². The van der Waals surface area contributed by atoms with Crippen molar-refractivity contribution in [2.45, 2.75) is 37.6 Å². The first-order valence-corrected chi connectivity index (χ1v) is 9.49. The van der Waals surface area contributed by atoms with Gasteiger partial charge in [0.05, 0.1) is 0 Å². The third-order valence-corrected chi connectivity index (χ3v) is 5.19. The Hall–Kier alpha value is -1.19. The molecule has 0 aliphatic heterocycles. The Kier molecular flexibility index (Phi) is 4.94. The smallest absolute Gasteiger partial charge is 0.0474 e. The van der Waals surface area contributed by atoms with Crippen LogP contribution in [-0.4, -0.2) is 25.4 Å². The first-order chi connectivity index (χ1) is 10.7. The summed E-state index contributed by atoms with van der Waals surface area (Å²) >= 11 is 1.81. The van der Waals surface area contributed by atoms with E-state index in [4.69, 9.17) is 0 Å². The van der Waals surface area contributed by atoms with Gasteiger partial charge in [0.25, 0.3) is 0 Å². The lowest BCUT2D eigenvalue weighted by Gasteiger charge is -2.14. The molecule has 1 atom stereocenters. The highest BCUT2D eigenvalue weighted by molar-refractivity contribution is 7.98. The van der Waals surface area contributed by atoms with Gasteiger partial charge in [-0.05, 0) is 62.3 Å². The second-order valence-electron chi connectivity index (χ2n) is 6.28. The topological polar surface area (TPSA) is 24.1 Å². The third kappa shape index (κ3) is 3.58. The monoisotopic (exact) mass is 314 g/mol. The summed E-state index contributed by atoms with van der Waals surface area (Å²) in [5.74, 6) is 0.886. The van der Waals surface area contributed by atoms with E-state index >= 15 is 0 Å². The zero-order valence-corrected chi connectivity index (χ0v) is 14.6. The fourth-order valence-electron chi connectivity index (χ4n) is 2.92. The highest BCUT2D eigenvalue weighted by Crippen LogP contribution is 2.35. The predicted molar refractivity (Wildman–Crippen MR) is 98.6 cm³/mol. The summed E-state index contributed by atoms with van der Waals surface area (Å²) in [6.07, 6.45) is 9.60. The normalized spacial score (nSPS) is 20.8. The van der Waals surface area contributed by atoms with Crippen molar-refractivity contribution in [2.75, 3.05) is 24.7 Å². The fourth-order valence-corrected chi connectivity index (χ4v) is 3.36. The van der Waals surface area contributed by atoms with Crippen LogP contribution in [-0.2, 0) is 0 Å². The van der Waals surface area contributed by atoms with E-state index in [1.165, 1.54) is 40.1 Å². The van der Waals surface area contributed by atoms with Crippen LogP contribution in [0.2, 0.25) is 0 Å². The summed E-state index contributed by atoms with van der Waals surface area (Å²) < 4.78 is 0. The summed E-state index contributed by atoms with van der Waals surface area (Å²) in [6, 6.07) is 7.17. The number of likely N-dealkylation sites (N-methyl/N-ethyl adjacent to an activating group) is 1. The Labute approximate surface area is 138 Å². The zero-order valence-electron chi connectivity index (χ0n) is 13.8. The molecule has 3 heteroatoms. The van der Waals surface area contributed by atoms with Gasteiger partial charge in [0, 0.05) is 28.7 Å². The van der Waals surface area contributed by atoms with Crippen molar-refractivity contribution in [3.8, 4) is 0 Å². The van der Waals surface area contributed by atoms with Crippen LogP contribution >= 0.6 is 11.8 Å². The van der Waals surface area contributed by atoms with Gasteiger partial charge >= 0.3 is 0 Å². The SMILES string of the molecule is CCNC1C=C(c2cc(SC)ccc2NCC2CC2)C=C1C. The number of anilines is 1. The second-order valence-corrected chi connectivity index (χ2v) is 7.16. The van der Waals surface area contributed by atoms with Gasteiger partial charge in [-0.1, -0.05) is 24.6 Å². The van der Waals surface area contributed by atoms with Crippen LogP contribution in [0.5, 0.6) is 0 Å². The van der Waals surface area contributed by atoms with Crippen LogP contribution < -0.4 is 10.6 Å². The van der Waals surface area contributed by atoms with Gasteiger partial charge < -0.3 is 10.6 Å². The van der Waals surface area contributed by atoms with Gasteiger partial charge in [0.2, 0.25) is 0 Å². The molecule has 0 spiro atoms. The van der Waals surface area contributed by atoms with E-state index in [1.54, 1.807) is 0 Å². The van der Waals surface area contributed by atoms with Crippen molar-refractivity contribution in [1.82, 2.24) is 5.32 Å². The van der Waals surface area contributed by atoms with Crippen molar-refractivity contribution in [3.63, 3.8) is 0 Å². The van der Waals surface area contributed by atoms with Crippen LogP contribution in [0.4, 0.5) is 5.69 Å². The molecule has 0 saturated heterocycles. The molecule has 0 aromatic heterocycles. The molecular weight excluding hydrogens is 288 g/mol. The summed E-state index contributed by atoms with van der Waals surface area (Å²) in [5.41, 5.74) is 5.36. The molecule has 0 radical (unpaired) electrons. The first-order valence-electron chi connectivity index (χ1n) is 8.27. The van der Waals surface area contributed by atoms with Gasteiger partial charge in [-0.15, -0.1) is 11.8 Å². The molecule has 118 valence electrons. The Morgan fingerprint density at radius 3 is 2.77 bits per heavy atom. The molecule has 22 heavy (non-hydrogen) atoms. The average Bonchev–Trinajstić information content (AvgIpc) is 3.29. The van der Waals surface area contributed by atoms with Gasteiger partial charge in [-0.2, -0.15) is 0 Å². The van der Waals surface area contributed by atoms with Crippen LogP contribution in [0.3, 0.4) is 0 Å². The summed E-state index contributed by atoms with van der Waals surface area (Å²) in [7, 11) is 0. The number of rotatable bonds is 7. The lowest BCUT2D eigenvalue weighted by atomic mass is 10.0. The Morgan fingerprint density at radius 1 is 1.27 bits per heavy atom. The standard InChI is InChI=1S/C19H26N2S/c1-4-20-19-10-15(9-13(19)2)17-11-16(22-3)7-8-18(17)21-12-14-5-6-14/h7-11,14,19-21H,4-6,12H2,1-3H3. The van der Waals surface area contributed by atoms with Gasteiger partial charge in [0.1, 0.15) is 0 Å². The van der Waals surface area contributed by atoms with Crippen LogP contribution in [0, 0.1) is 5.92 Å². The molecular formula is C19H26N2S. The van der Waals surface area contributed by atoms with E-state index in [0.717, 1.165) is 19.0 Å². The minimum absolute atomic E-state index is 0.384. The van der Waals surface area contributed by atoms with Crippen molar-refractivity contribution in [3.05, 3.63) is 41.5 Å². The second kappa shape index (κ2) is 6.93. The van der Waals surface area contributed by atoms with E-state index in [9.17, 15) is 0 Å². The summed E-state index contributed by atoms with van der Waals surface area (Å²) in [6.45, 7) is 6.48. The first kappa shape index (κ1) is 15.7. The number of thioether (sulfide) groups is 1. The number of hydrogen-bond acceptors (Lipinski definition) is 3. The summed E-state index contributed by atoms with van der Waals surface area (Å²) in [4.78, 5) is 1.32. The highest BCUT2D eigenvalue weighted by Gasteiger charge is 2.22. The van der Waals surface area contributed by atoms with Crippen molar-refractivity contribution in [2.24, 2.45) is 5.92 Å². The lowest BCUT2D eigenvalue weighted by Crippen LogP contribution is -2.26. The maximum Gasteiger partial charge on any atom is 0.0474 e. The third-order valence-electron chi connectivity index (χ3n) is 4.46. The zero-order chi connectivity index (χ0) is 15.5. The van der Waals surface area contributed by atoms with Crippen molar-refractivity contribution >= 4 is 23.0 Å². The molecule has 2 N–H and O–H groups in total. The molecule has 0 bridgehead atoms. The molecule has 3 rings (SSSR count). The molecule has 1 saturated carbocycles. The molecule has 2 aliphatic carbocycles. The number of hydrogen-bond donors (Lipinski definition) is 2. The Bertz CT molecular complexity index is 599. The minimum Gasteiger partial charge on any atom is -0.384 e. The molecule has 1 fully saturated rings. The number of benzene rings is 1. The molecule has 0 amide bonds. The van der Waals surface area contributed by atoms with Gasteiger partial charge in [0.15, 0.2) is 0 Å². The maximum absolute atomic E-state index is 3.67. The molecule has 1 aromatic carbocycles. The number of allylic oxidation sites excluding steroid dienone is 2. The molecule has 1 aromatic rings. The van der Waals surface area contributed by atoms with Gasteiger partial charge in [-0.25, -0.2) is 0 Å². The fraction of sp³-hybridized carbons (Fsp3) is 0.474. The van der Waals surface area contributed by atoms with Crippen LogP contribution in [0.15, 0.2) is 40.8 Å². The minimum atomic E-state index is 0.384. The lowest BCUT2D eigenvalue weighted by molar-refractivity contribution is 0.687. The average molecular weight is 314 g/mol. The quantitative estimate of drug-likeness (QED) is 0.722. The Morgan fingerprint density at radius 2 is 2.09 bits per heavy atom. The molecule has 0 heterocycles. The Balaban J connectivity index is 1.88. The largest absolute Gasteiger partial charge is 0.384 e.